The summed E-state index contributed by atoms with van der Waals surface area (Å²) in [6.45, 7) is 2.31. The summed E-state index contributed by atoms with van der Waals surface area (Å²) >= 11 is 8.08. The normalized spacial score (nSPS) is 11.8. The van der Waals surface area contributed by atoms with Crippen LogP contribution in [0.5, 0.6) is 0 Å². The van der Waals surface area contributed by atoms with Gasteiger partial charge in [-0.3, -0.25) is 0 Å². The predicted molar refractivity (Wildman–Crippen MR) is 94.0 cm³/mol. The molecule has 0 radical (unpaired) electrons. The summed E-state index contributed by atoms with van der Waals surface area (Å²) in [5, 5.41) is 1.96. The maximum atomic E-state index is 12.4. The average Bonchev–Trinajstić information content (AvgIpc) is 2.82. The lowest BCUT2D eigenvalue weighted by atomic mass is 10.2. The topological polar surface area (TPSA) is 72.2 Å². The van der Waals surface area contributed by atoms with E-state index in [2.05, 4.69) is 36.6 Å². The van der Waals surface area contributed by atoms with Crippen LogP contribution in [0.25, 0.3) is 0 Å². The van der Waals surface area contributed by atoms with Crippen molar-refractivity contribution in [2.75, 3.05) is 5.73 Å². The maximum Gasteiger partial charge on any atom is 0.244 e. The van der Waals surface area contributed by atoms with Crippen molar-refractivity contribution in [1.29, 1.82) is 0 Å². The van der Waals surface area contributed by atoms with Crippen molar-refractivity contribution >= 4 is 58.9 Å². The average molecular weight is 454 g/mol. The van der Waals surface area contributed by atoms with Crippen LogP contribution in [0, 0.1) is 0 Å². The highest BCUT2D eigenvalue weighted by atomic mass is 79.9. The Kier molecular flexibility index (Phi) is 5.48. The minimum atomic E-state index is -3.68. The zero-order chi connectivity index (χ0) is 15.6. The molecule has 114 valence electrons. The number of thiophene rings is 1. The fourth-order valence-electron chi connectivity index (χ4n) is 1.93. The number of hydrogen-bond donors (Lipinski definition) is 2. The van der Waals surface area contributed by atoms with Crippen molar-refractivity contribution in [1.82, 2.24) is 4.72 Å². The van der Waals surface area contributed by atoms with Gasteiger partial charge in [-0.25, -0.2) is 13.1 Å². The lowest BCUT2D eigenvalue weighted by Gasteiger charge is -2.11. The lowest BCUT2D eigenvalue weighted by Crippen LogP contribution is -2.24. The molecule has 2 rings (SSSR count). The molecule has 0 saturated heterocycles. The Hall–Kier alpha value is -0.410. The van der Waals surface area contributed by atoms with Gasteiger partial charge < -0.3 is 5.73 Å². The van der Waals surface area contributed by atoms with Gasteiger partial charge >= 0.3 is 0 Å². The van der Waals surface area contributed by atoms with Crippen LogP contribution in [-0.4, -0.2) is 8.42 Å². The van der Waals surface area contributed by atoms with E-state index in [1.165, 1.54) is 0 Å². The third-order valence-electron chi connectivity index (χ3n) is 2.95. The van der Waals surface area contributed by atoms with Gasteiger partial charge in [-0.05, 0) is 51.5 Å². The lowest BCUT2D eigenvalue weighted by molar-refractivity contribution is 0.581. The molecule has 1 heterocycles. The summed E-state index contributed by atoms with van der Waals surface area (Å²) < 4.78 is 28.7. The van der Waals surface area contributed by atoms with E-state index in [-0.39, 0.29) is 17.1 Å². The van der Waals surface area contributed by atoms with Gasteiger partial charge in [0.2, 0.25) is 10.0 Å². The van der Waals surface area contributed by atoms with Crippen molar-refractivity contribution in [3.63, 3.8) is 0 Å². The van der Waals surface area contributed by atoms with Crippen molar-refractivity contribution < 1.29 is 8.42 Å². The van der Waals surface area contributed by atoms with Gasteiger partial charge in [-0.15, -0.1) is 11.3 Å². The molecule has 3 N–H and O–H groups in total. The molecule has 8 heteroatoms. The van der Waals surface area contributed by atoms with E-state index < -0.39 is 10.0 Å². The molecule has 4 nitrogen and oxygen atoms in total. The Bertz CT molecular complexity index is 734. The van der Waals surface area contributed by atoms with Crippen molar-refractivity contribution in [3.05, 3.63) is 43.0 Å². The molecule has 0 bridgehead atoms. The quantitative estimate of drug-likeness (QED) is 0.674. The third kappa shape index (κ3) is 3.87. The van der Waals surface area contributed by atoms with Crippen molar-refractivity contribution in [2.24, 2.45) is 0 Å². The number of anilines is 1. The minimum Gasteiger partial charge on any atom is -0.398 e. The molecule has 0 fully saturated rings. The zero-order valence-corrected chi connectivity index (χ0v) is 16.0. The summed E-state index contributed by atoms with van der Waals surface area (Å²) in [4.78, 5) is 1.09. The van der Waals surface area contributed by atoms with Gasteiger partial charge in [0.05, 0.1) is 5.69 Å². The molecule has 0 saturated carbocycles. The number of benzene rings is 1. The summed E-state index contributed by atoms with van der Waals surface area (Å²) in [5.41, 5.74) is 7.19. The second kappa shape index (κ2) is 6.78. The van der Waals surface area contributed by atoms with Crippen LogP contribution >= 0.6 is 43.2 Å². The minimum absolute atomic E-state index is 0.0697. The Labute approximate surface area is 145 Å². The first kappa shape index (κ1) is 17.0. The second-order valence-electron chi connectivity index (χ2n) is 4.35. The van der Waals surface area contributed by atoms with Crippen LogP contribution in [0.4, 0.5) is 5.69 Å². The highest BCUT2D eigenvalue weighted by molar-refractivity contribution is 9.11. The first-order valence-electron chi connectivity index (χ1n) is 6.14. The molecule has 21 heavy (non-hydrogen) atoms. The van der Waals surface area contributed by atoms with Gasteiger partial charge in [-0.2, -0.15) is 0 Å². The van der Waals surface area contributed by atoms with E-state index >= 15 is 0 Å². The molecular formula is C13H14Br2N2O2S2. The molecule has 0 atom stereocenters. The molecule has 0 aliphatic carbocycles. The molecule has 0 aliphatic heterocycles. The molecule has 0 amide bonds. The predicted octanol–water partition coefficient (Wildman–Crippen LogP) is 3.90. The summed E-state index contributed by atoms with van der Waals surface area (Å²) in [5.74, 6) is 0. The summed E-state index contributed by atoms with van der Waals surface area (Å²) in [7, 11) is -3.68. The highest BCUT2D eigenvalue weighted by Crippen LogP contribution is 2.31. The number of nitrogen functional groups attached to an aromatic ring is 1. The molecule has 1 aromatic carbocycles. The van der Waals surface area contributed by atoms with E-state index in [9.17, 15) is 8.42 Å². The smallest absolute Gasteiger partial charge is 0.244 e. The van der Waals surface area contributed by atoms with Crippen LogP contribution in [-0.2, 0) is 23.0 Å². The molecule has 1 aromatic heterocycles. The van der Waals surface area contributed by atoms with Crippen LogP contribution < -0.4 is 10.5 Å². The SMILES string of the molecule is CCc1ccsc1CNS(=O)(=O)c1c(N)cc(Br)cc1Br. The largest absolute Gasteiger partial charge is 0.398 e. The number of sulfonamides is 1. The maximum absolute atomic E-state index is 12.4. The number of rotatable bonds is 5. The van der Waals surface area contributed by atoms with E-state index in [1.54, 1.807) is 23.5 Å². The first-order chi connectivity index (χ1) is 9.85. The van der Waals surface area contributed by atoms with Gasteiger partial charge in [-0.1, -0.05) is 22.9 Å². The highest BCUT2D eigenvalue weighted by Gasteiger charge is 2.21. The number of nitrogens with one attached hydrogen (secondary N) is 1. The summed E-state index contributed by atoms with van der Waals surface area (Å²) in [6.07, 6.45) is 0.880. The zero-order valence-electron chi connectivity index (χ0n) is 11.2. The van der Waals surface area contributed by atoms with Gasteiger partial charge in [0, 0.05) is 20.4 Å². The van der Waals surface area contributed by atoms with E-state index in [4.69, 9.17) is 5.73 Å². The van der Waals surface area contributed by atoms with Crippen LogP contribution in [0.1, 0.15) is 17.4 Å². The monoisotopic (exact) mass is 452 g/mol. The van der Waals surface area contributed by atoms with E-state index in [0.717, 1.165) is 21.3 Å². The summed E-state index contributed by atoms with van der Waals surface area (Å²) in [6, 6.07) is 5.24. The van der Waals surface area contributed by atoms with Crippen LogP contribution in [0.15, 0.2) is 37.4 Å². The molecular weight excluding hydrogens is 440 g/mol. The molecule has 2 aromatic rings. The Morgan fingerprint density at radius 2 is 2.05 bits per heavy atom. The Balaban J connectivity index is 2.27. The van der Waals surface area contributed by atoms with Gasteiger partial charge in [0.15, 0.2) is 0 Å². The fourth-order valence-corrected chi connectivity index (χ4v) is 6.00. The Morgan fingerprint density at radius 1 is 1.33 bits per heavy atom. The van der Waals surface area contributed by atoms with Crippen LogP contribution in [0.3, 0.4) is 0 Å². The molecule has 0 aliphatic rings. The van der Waals surface area contributed by atoms with Gasteiger partial charge in [0.25, 0.3) is 0 Å². The number of nitrogens with two attached hydrogens (primary N) is 1. The first-order valence-corrected chi connectivity index (χ1v) is 10.1. The fraction of sp³-hybridized carbons (Fsp3) is 0.231. The third-order valence-corrected chi connectivity index (χ3v) is 6.77. The van der Waals surface area contributed by atoms with Crippen LogP contribution in [0.2, 0.25) is 0 Å². The Morgan fingerprint density at radius 3 is 2.67 bits per heavy atom. The second-order valence-corrected chi connectivity index (χ2v) is 8.83. The van der Waals surface area contributed by atoms with E-state index in [0.29, 0.717) is 4.47 Å². The van der Waals surface area contributed by atoms with Crippen molar-refractivity contribution in [2.45, 2.75) is 24.8 Å². The van der Waals surface area contributed by atoms with E-state index in [1.807, 2.05) is 18.4 Å². The number of aryl methyl sites for hydroxylation is 1. The molecule has 0 unspecified atom stereocenters. The van der Waals surface area contributed by atoms with Crippen molar-refractivity contribution in [3.8, 4) is 0 Å². The number of hydrogen-bond acceptors (Lipinski definition) is 4. The van der Waals surface area contributed by atoms with Gasteiger partial charge in [0.1, 0.15) is 4.90 Å². The number of halogens is 2. The molecule has 0 spiro atoms. The standard InChI is InChI=1S/C13H14Br2N2O2S2/c1-2-8-3-4-20-12(8)7-17-21(18,19)13-10(15)5-9(14)6-11(13)16/h3-6,17H,2,7,16H2,1H3.